The average Bonchev–Trinajstić information content (AvgIpc) is 2.14. The molecule has 1 N–H and O–H groups in total. The minimum absolute atomic E-state index is 0.0988. The number of aliphatic carboxylic acids is 1. The maximum atomic E-state index is 11.4. The van der Waals surface area contributed by atoms with E-state index in [1.165, 1.54) is 4.68 Å². The molecule has 7 heteroatoms. The maximum absolute atomic E-state index is 11.4. The molecule has 0 radical (unpaired) electrons. The molecule has 0 spiro atoms. The molecule has 82 valence electrons. The highest BCUT2D eigenvalue weighted by molar-refractivity contribution is 7.99. The molecule has 0 saturated carbocycles. The van der Waals surface area contributed by atoms with Gasteiger partial charge < -0.3 is 10.1 Å². The second-order valence-corrected chi connectivity index (χ2v) is 3.92. The van der Waals surface area contributed by atoms with E-state index in [0.717, 1.165) is 11.8 Å². The number of carboxylic acids is 1. The number of nitrogens with zero attached hydrogens (tertiary/aromatic N) is 3. The Morgan fingerprint density at radius 3 is 2.80 bits per heavy atom. The van der Waals surface area contributed by atoms with Crippen molar-refractivity contribution in [3.05, 3.63) is 22.7 Å². The number of carboxylic acid groups (broad SMARTS) is 1. The first-order chi connectivity index (χ1) is 7.00. The van der Waals surface area contributed by atoms with Crippen molar-refractivity contribution in [2.75, 3.05) is 24.9 Å². The van der Waals surface area contributed by atoms with Crippen LogP contribution in [0.15, 0.2) is 22.1 Å². The first kappa shape index (κ1) is 11.6. The van der Waals surface area contributed by atoms with Gasteiger partial charge in [0.05, 0.1) is 5.75 Å². The van der Waals surface area contributed by atoms with Crippen LogP contribution in [0.4, 0.5) is 0 Å². The summed E-state index contributed by atoms with van der Waals surface area (Å²) in [6.07, 6.45) is 1.56. The van der Waals surface area contributed by atoms with E-state index in [-0.39, 0.29) is 5.75 Å². The van der Waals surface area contributed by atoms with Crippen molar-refractivity contribution in [3.63, 3.8) is 0 Å². The van der Waals surface area contributed by atoms with Crippen molar-refractivity contribution in [2.45, 2.75) is 5.03 Å². The third-order valence-electron chi connectivity index (χ3n) is 1.53. The molecule has 1 aromatic rings. The molecule has 1 aromatic heterocycles. The number of hydrogen-bond acceptors (Lipinski definition) is 5. The minimum Gasteiger partial charge on any atom is -0.481 e. The van der Waals surface area contributed by atoms with E-state index < -0.39 is 11.7 Å². The summed E-state index contributed by atoms with van der Waals surface area (Å²) in [5.74, 6) is -1.03. The van der Waals surface area contributed by atoms with Gasteiger partial charge in [-0.3, -0.25) is 4.79 Å². The standard InChI is InChI=1S/C8H11N3O3S/c1-10(2)11-4-3-6(9-8(11)14)15-5-7(12)13/h3-4H,5H2,1-2H3,(H,12,13). The van der Waals surface area contributed by atoms with Gasteiger partial charge in [-0.2, -0.15) is 4.98 Å². The lowest BCUT2D eigenvalue weighted by atomic mass is 10.7. The van der Waals surface area contributed by atoms with Crippen LogP contribution in [0, 0.1) is 0 Å². The van der Waals surface area contributed by atoms with Gasteiger partial charge in [0.25, 0.3) is 0 Å². The molecule has 1 rings (SSSR count). The zero-order valence-electron chi connectivity index (χ0n) is 8.38. The zero-order chi connectivity index (χ0) is 11.4. The van der Waals surface area contributed by atoms with E-state index in [1.54, 1.807) is 31.4 Å². The SMILES string of the molecule is CN(C)n1ccc(SCC(=O)O)nc1=O. The molecule has 1 heterocycles. The van der Waals surface area contributed by atoms with Crippen molar-refractivity contribution in [1.82, 2.24) is 9.66 Å². The predicted octanol–water partition coefficient (Wildman–Crippen LogP) is -0.382. The van der Waals surface area contributed by atoms with Crippen LogP contribution in [0.25, 0.3) is 0 Å². The second kappa shape index (κ2) is 4.83. The molecule has 0 aromatic carbocycles. The van der Waals surface area contributed by atoms with Crippen LogP contribution in [0.3, 0.4) is 0 Å². The number of thioether (sulfide) groups is 1. The highest BCUT2D eigenvalue weighted by atomic mass is 32.2. The normalized spacial score (nSPS) is 10.0. The fraction of sp³-hybridized carbons (Fsp3) is 0.375. The van der Waals surface area contributed by atoms with Gasteiger partial charge in [0, 0.05) is 20.3 Å². The number of carbonyl (C=O) groups is 1. The van der Waals surface area contributed by atoms with E-state index in [0.29, 0.717) is 5.03 Å². The van der Waals surface area contributed by atoms with Gasteiger partial charge in [-0.05, 0) is 6.07 Å². The van der Waals surface area contributed by atoms with Crippen molar-refractivity contribution in [3.8, 4) is 0 Å². The first-order valence-electron chi connectivity index (χ1n) is 4.12. The summed E-state index contributed by atoms with van der Waals surface area (Å²) in [7, 11) is 3.43. The van der Waals surface area contributed by atoms with E-state index >= 15 is 0 Å². The van der Waals surface area contributed by atoms with E-state index in [4.69, 9.17) is 5.11 Å². The van der Waals surface area contributed by atoms with Gasteiger partial charge >= 0.3 is 11.7 Å². The van der Waals surface area contributed by atoms with Gasteiger partial charge in [0.15, 0.2) is 0 Å². The molecule has 0 aliphatic carbocycles. The molecule has 0 saturated heterocycles. The summed E-state index contributed by atoms with van der Waals surface area (Å²) in [5, 5.41) is 10.4. The lowest BCUT2D eigenvalue weighted by molar-refractivity contribution is -0.133. The predicted molar refractivity (Wildman–Crippen MR) is 56.9 cm³/mol. The van der Waals surface area contributed by atoms with Gasteiger partial charge in [-0.25, -0.2) is 9.47 Å². The second-order valence-electron chi connectivity index (χ2n) is 2.92. The fourth-order valence-corrected chi connectivity index (χ4v) is 1.47. The molecule has 0 aliphatic heterocycles. The lowest BCUT2D eigenvalue weighted by Crippen LogP contribution is -2.36. The number of hydrogen-bond donors (Lipinski definition) is 1. The molecular weight excluding hydrogens is 218 g/mol. The van der Waals surface area contributed by atoms with Gasteiger partial charge in [-0.1, -0.05) is 11.8 Å². The Morgan fingerprint density at radius 1 is 1.67 bits per heavy atom. The molecule has 0 aliphatic rings. The Morgan fingerprint density at radius 2 is 2.33 bits per heavy atom. The molecule has 0 unspecified atom stereocenters. The smallest absolute Gasteiger partial charge is 0.367 e. The van der Waals surface area contributed by atoms with Crippen LogP contribution in [0.5, 0.6) is 0 Å². The van der Waals surface area contributed by atoms with Gasteiger partial charge in [0.2, 0.25) is 0 Å². The number of aromatic nitrogens is 2. The summed E-state index contributed by atoms with van der Waals surface area (Å²) in [5.41, 5.74) is -0.421. The Balaban J connectivity index is 2.83. The van der Waals surface area contributed by atoms with Crippen LogP contribution in [0.1, 0.15) is 0 Å². The summed E-state index contributed by atoms with van der Waals surface area (Å²) in [6, 6.07) is 1.61. The van der Waals surface area contributed by atoms with Crippen molar-refractivity contribution in [1.29, 1.82) is 0 Å². The Kier molecular flexibility index (Phi) is 3.73. The summed E-state index contributed by atoms with van der Waals surface area (Å²) >= 11 is 1.02. The quantitative estimate of drug-likeness (QED) is 0.560. The largest absolute Gasteiger partial charge is 0.481 e. The van der Waals surface area contributed by atoms with Crippen LogP contribution in [0.2, 0.25) is 0 Å². The van der Waals surface area contributed by atoms with E-state index in [2.05, 4.69) is 4.98 Å². The van der Waals surface area contributed by atoms with Gasteiger partial charge in [-0.15, -0.1) is 0 Å². The highest BCUT2D eigenvalue weighted by Crippen LogP contribution is 2.11. The Hall–Kier alpha value is -1.50. The Bertz CT molecular complexity index is 416. The maximum Gasteiger partial charge on any atom is 0.367 e. The average molecular weight is 229 g/mol. The highest BCUT2D eigenvalue weighted by Gasteiger charge is 2.04. The van der Waals surface area contributed by atoms with Crippen molar-refractivity contribution < 1.29 is 9.90 Å². The topological polar surface area (TPSA) is 75.4 Å². The minimum atomic E-state index is -0.932. The molecule has 0 bridgehead atoms. The summed E-state index contributed by atoms with van der Waals surface area (Å²) in [4.78, 5) is 25.4. The monoisotopic (exact) mass is 229 g/mol. The molecule has 0 atom stereocenters. The van der Waals surface area contributed by atoms with Crippen LogP contribution in [-0.4, -0.2) is 40.6 Å². The van der Waals surface area contributed by atoms with Crippen molar-refractivity contribution in [2.24, 2.45) is 0 Å². The number of rotatable bonds is 4. The molecule has 0 fully saturated rings. The van der Waals surface area contributed by atoms with Gasteiger partial charge in [0.1, 0.15) is 5.03 Å². The zero-order valence-corrected chi connectivity index (χ0v) is 9.19. The fourth-order valence-electron chi connectivity index (χ4n) is 0.901. The molecule has 0 amide bonds. The lowest BCUT2D eigenvalue weighted by Gasteiger charge is -2.14. The Labute approximate surface area is 90.5 Å². The van der Waals surface area contributed by atoms with Crippen molar-refractivity contribution >= 4 is 17.7 Å². The summed E-state index contributed by atoms with van der Waals surface area (Å²) < 4.78 is 1.32. The molecule has 15 heavy (non-hydrogen) atoms. The van der Waals surface area contributed by atoms with E-state index in [1.807, 2.05) is 0 Å². The van der Waals surface area contributed by atoms with Crippen LogP contribution < -0.4 is 10.7 Å². The summed E-state index contributed by atoms with van der Waals surface area (Å²) in [6.45, 7) is 0. The van der Waals surface area contributed by atoms with E-state index in [9.17, 15) is 9.59 Å². The van der Waals surface area contributed by atoms with Crippen LogP contribution >= 0.6 is 11.8 Å². The molecule has 6 nitrogen and oxygen atoms in total. The molecular formula is C8H11N3O3S. The van der Waals surface area contributed by atoms with Crippen LogP contribution in [-0.2, 0) is 4.79 Å². The third kappa shape index (κ3) is 3.28. The first-order valence-corrected chi connectivity index (χ1v) is 5.11. The third-order valence-corrected chi connectivity index (χ3v) is 2.45.